The molecule has 0 heterocycles. The molecule has 0 saturated carbocycles. The molecule has 26 heavy (non-hydrogen) atoms. The van der Waals surface area contributed by atoms with Gasteiger partial charge in [-0.3, -0.25) is 9.59 Å². The van der Waals surface area contributed by atoms with E-state index in [0.717, 1.165) is 16.7 Å². The number of hydrogen-bond acceptors (Lipinski definition) is 4. The summed E-state index contributed by atoms with van der Waals surface area (Å²) < 4.78 is 10.5. The molecular formula is C20H22ClNO4. The number of methoxy groups -OCH3 is 1. The second-order valence-electron chi connectivity index (χ2n) is 6.03. The average molecular weight is 376 g/mol. The van der Waals surface area contributed by atoms with Crippen molar-refractivity contribution in [3.63, 3.8) is 0 Å². The van der Waals surface area contributed by atoms with Gasteiger partial charge in [-0.05, 0) is 43.5 Å². The fourth-order valence-corrected chi connectivity index (χ4v) is 2.57. The van der Waals surface area contributed by atoms with Crippen molar-refractivity contribution in [1.29, 1.82) is 0 Å². The number of anilines is 1. The molecule has 2 aromatic carbocycles. The summed E-state index contributed by atoms with van der Waals surface area (Å²) in [6.45, 7) is 5.28. The minimum absolute atomic E-state index is 0.119. The molecule has 138 valence electrons. The Morgan fingerprint density at radius 2 is 1.85 bits per heavy atom. The van der Waals surface area contributed by atoms with Crippen molar-refractivity contribution >= 4 is 29.2 Å². The van der Waals surface area contributed by atoms with Crippen LogP contribution in [0.2, 0.25) is 5.02 Å². The van der Waals surface area contributed by atoms with Crippen LogP contribution < -0.4 is 10.1 Å². The van der Waals surface area contributed by atoms with E-state index in [4.69, 9.17) is 21.1 Å². The normalized spacial score (nSPS) is 11.6. The minimum Gasteiger partial charge on any atom is -0.495 e. The largest absolute Gasteiger partial charge is 0.495 e. The second kappa shape index (κ2) is 8.72. The summed E-state index contributed by atoms with van der Waals surface area (Å²) in [7, 11) is 1.49. The summed E-state index contributed by atoms with van der Waals surface area (Å²) in [6, 6.07) is 10.9. The Balaban J connectivity index is 2.00. The lowest BCUT2D eigenvalue weighted by Gasteiger charge is -2.16. The van der Waals surface area contributed by atoms with Crippen molar-refractivity contribution in [3.8, 4) is 5.75 Å². The molecule has 0 saturated heterocycles. The molecule has 0 aliphatic heterocycles. The van der Waals surface area contributed by atoms with Crippen LogP contribution in [0.15, 0.2) is 36.4 Å². The Morgan fingerprint density at radius 1 is 1.15 bits per heavy atom. The predicted octanol–water partition coefficient (Wildman–Crippen LogP) is 4.08. The van der Waals surface area contributed by atoms with Gasteiger partial charge in [0.05, 0.1) is 19.2 Å². The van der Waals surface area contributed by atoms with Gasteiger partial charge < -0.3 is 14.8 Å². The highest BCUT2D eigenvalue weighted by atomic mass is 35.5. The van der Waals surface area contributed by atoms with E-state index < -0.39 is 18.0 Å². The number of hydrogen-bond donors (Lipinski definition) is 1. The summed E-state index contributed by atoms with van der Waals surface area (Å²) >= 11 is 6.06. The monoisotopic (exact) mass is 375 g/mol. The van der Waals surface area contributed by atoms with E-state index in [1.807, 2.05) is 38.1 Å². The molecule has 6 heteroatoms. The first kappa shape index (κ1) is 19.8. The fraction of sp³-hybridized carbons (Fsp3) is 0.300. The summed E-state index contributed by atoms with van der Waals surface area (Å²) in [5, 5.41) is 3.25. The lowest BCUT2D eigenvalue weighted by atomic mass is 10.1. The Bertz CT molecular complexity index is 819. The number of benzene rings is 2. The molecule has 0 unspecified atom stereocenters. The molecule has 0 aromatic heterocycles. The maximum absolute atomic E-state index is 12.4. The van der Waals surface area contributed by atoms with Gasteiger partial charge in [0.2, 0.25) is 0 Å². The highest BCUT2D eigenvalue weighted by Crippen LogP contribution is 2.31. The molecule has 0 bridgehead atoms. The van der Waals surface area contributed by atoms with Crippen LogP contribution >= 0.6 is 11.6 Å². The van der Waals surface area contributed by atoms with Crippen molar-refractivity contribution in [2.75, 3.05) is 12.4 Å². The van der Waals surface area contributed by atoms with Gasteiger partial charge in [0.25, 0.3) is 5.91 Å². The lowest BCUT2D eigenvalue weighted by molar-refractivity contribution is -0.152. The van der Waals surface area contributed by atoms with Crippen LogP contribution in [0.1, 0.15) is 23.6 Å². The van der Waals surface area contributed by atoms with E-state index in [9.17, 15) is 9.59 Å². The van der Waals surface area contributed by atoms with E-state index in [2.05, 4.69) is 5.32 Å². The van der Waals surface area contributed by atoms with E-state index in [-0.39, 0.29) is 6.42 Å². The summed E-state index contributed by atoms with van der Waals surface area (Å²) in [6.07, 6.45) is -0.819. The Kier molecular flexibility index (Phi) is 6.64. The van der Waals surface area contributed by atoms with Crippen LogP contribution in [-0.2, 0) is 20.7 Å². The highest BCUT2D eigenvalue weighted by molar-refractivity contribution is 6.31. The quantitative estimate of drug-likeness (QED) is 0.773. The van der Waals surface area contributed by atoms with E-state index >= 15 is 0 Å². The van der Waals surface area contributed by atoms with Crippen molar-refractivity contribution in [1.82, 2.24) is 0 Å². The Labute approximate surface area is 158 Å². The molecule has 1 N–H and O–H groups in total. The van der Waals surface area contributed by atoms with Gasteiger partial charge in [-0.25, -0.2) is 0 Å². The van der Waals surface area contributed by atoms with E-state index in [1.54, 1.807) is 12.1 Å². The van der Waals surface area contributed by atoms with Crippen LogP contribution in [0.4, 0.5) is 5.69 Å². The number of nitrogens with one attached hydrogen (secondary N) is 1. The zero-order valence-corrected chi connectivity index (χ0v) is 16.0. The number of carbonyl (C=O) groups excluding carboxylic acids is 2. The minimum atomic E-state index is -0.938. The van der Waals surface area contributed by atoms with Gasteiger partial charge in [0.15, 0.2) is 6.10 Å². The highest BCUT2D eigenvalue weighted by Gasteiger charge is 2.20. The predicted molar refractivity (Wildman–Crippen MR) is 102 cm³/mol. The van der Waals surface area contributed by atoms with Crippen molar-refractivity contribution < 1.29 is 19.1 Å². The zero-order chi connectivity index (χ0) is 19.3. The Hall–Kier alpha value is -2.53. The molecular weight excluding hydrogens is 354 g/mol. The molecule has 0 aliphatic rings. The van der Waals surface area contributed by atoms with Gasteiger partial charge in [0, 0.05) is 11.1 Å². The Morgan fingerprint density at radius 3 is 2.50 bits per heavy atom. The lowest BCUT2D eigenvalue weighted by Crippen LogP contribution is -2.30. The standard InChI is InChI=1S/C20H22ClNO4/c1-12-7-5-6-8-15(12)10-19(23)26-14(3)20(24)22-17-9-13(2)16(21)11-18(17)25-4/h5-9,11,14H,10H2,1-4H3,(H,22,24)/t14-/m0/s1. The number of rotatable bonds is 6. The molecule has 0 spiro atoms. The molecule has 1 atom stereocenters. The zero-order valence-electron chi connectivity index (χ0n) is 15.3. The summed E-state index contributed by atoms with van der Waals surface area (Å²) in [5.41, 5.74) is 3.15. The SMILES string of the molecule is COc1cc(Cl)c(C)cc1NC(=O)[C@H](C)OC(=O)Cc1ccccc1C. The summed E-state index contributed by atoms with van der Waals surface area (Å²) in [4.78, 5) is 24.5. The van der Waals surface area contributed by atoms with Crippen LogP contribution in [0, 0.1) is 13.8 Å². The second-order valence-corrected chi connectivity index (χ2v) is 6.43. The third-order valence-electron chi connectivity index (χ3n) is 4.01. The third kappa shape index (κ3) is 4.99. The molecule has 2 aromatic rings. The van der Waals surface area contributed by atoms with Crippen molar-refractivity contribution in [3.05, 3.63) is 58.1 Å². The van der Waals surface area contributed by atoms with Gasteiger partial charge in [-0.2, -0.15) is 0 Å². The first-order valence-electron chi connectivity index (χ1n) is 8.20. The van der Waals surface area contributed by atoms with Gasteiger partial charge in [0.1, 0.15) is 5.75 Å². The van der Waals surface area contributed by atoms with Gasteiger partial charge >= 0.3 is 5.97 Å². The van der Waals surface area contributed by atoms with E-state index in [0.29, 0.717) is 16.5 Å². The van der Waals surface area contributed by atoms with Crippen LogP contribution in [0.3, 0.4) is 0 Å². The average Bonchev–Trinajstić information content (AvgIpc) is 2.59. The topological polar surface area (TPSA) is 64.6 Å². The number of aryl methyl sites for hydroxylation is 2. The molecule has 5 nitrogen and oxygen atoms in total. The summed E-state index contributed by atoms with van der Waals surface area (Å²) in [5.74, 6) is -0.461. The third-order valence-corrected chi connectivity index (χ3v) is 4.42. The number of carbonyl (C=O) groups is 2. The smallest absolute Gasteiger partial charge is 0.311 e. The van der Waals surface area contributed by atoms with Gasteiger partial charge in [-0.1, -0.05) is 35.9 Å². The van der Waals surface area contributed by atoms with Crippen LogP contribution in [-0.4, -0.2) is 25.1 Å². The van der Waals surface area contributed by atoms with Crippen molar-refractivity contribution in [2.24, 2.45) is 0 Å². The fourth-order valence-electron chi connectivity index (χ4n) is 2.42. The van der Waals surface area contributed by atoms with Crippen molar-refractivity contribution in [2.45, 2.75) is 33.3 Å². The molecule has 0 aliphatic carbocycles. The first-order chi connectivity index (χ1) is 12.3. The maximum Gasteiger partial charge on any atom is 0.311 e. The number of amides is 1. The molecule has 2 rings (SSSR count). The molecule has 1 amide bonds. The first-order valence-corrected chi connectivity index (χ1v) is 8.58. The van der Waals surface area contributed by atoms with Crippen LogP contribution in [0.5, 0.6) is 5.75 Å². The van der Waals surface area contributed by atoms with E-state index in [1.165, 1.54) is 14.0 Å². The molecule has 0 radical (unpaired) electrons. The number of ether oxygens (including phenoxy) is 2. The molecule has 0 fully saturated rings. The number of halogens is 1. The number of esters is 1. The van der Waals surface area contributed by atoms with Gasteiger partial charge in [-0.15, -0.1) is 0 Å². The van der Waals surface area contributed by atoms with Crippen LogP contribution in [0.25, 0.3) is 0 Å². The maximum atomic E-state index is 12.4.